The van der Waals surface area contributed by atoms with Gasteiger partial charge in [-0.05, 0) is 62.1 Å². The van der Waals surface area contributed by atoms with Crippen molar-refractivity contribution in [3.63, 3.8) is 0 Å². The second-order valence-electron chi connectivity index (χ2n) is 7.12. The predicted octanol–water partition coefficient (Wildman–Crippen LogP) is 3.96. The predicted molar refractivity (Wildman–Crippen MR) is 105 cm³/mol. The molecule has 0 fully saturated rings. The molecule has 0 bridgehead atoms. The van der Waals surface area contributed by atoms with E-state index < -0.39 is 30.1 Å². The molecule has 2 aromatic carbocycles. The van der Waals surface area contributed by atoms with Gasteiger partial charge in [0, 0.05) is 23.0 Å². The van der Waals surface area contributed by atoms with Crippen LogP contribution in [0.4, 0.5) is 18.9 Å². The Kier molecular flexibility index (Phi) is 5.75. The van der Waals surface area contributed by atoms with Crippen molar-refractivity contribution in [1.82, 2.24) is 9.78 Å². The van der Waals surface area contributed by atoms with Gasteiger partial charge in [-0.1, -0.05) is 0 Å². The fraction of sp³-hybridized carbons (Fsp3) is 0.227. The van der Waals surface area contributed by atoms with Crippen LogP contribution < -0.4 is 5.32 Å². The van der Waals surface area contributed by atoms with Gasteiger partial charge in [-0.2, -0.15) is 5.10 Å². The van der Waals surface area contributed by atoms with Crippen LogP contribution in [0.1, 0.15) is 34.6 Å². The van der Waals surface area contributed by atoms with Crippen LogP contribution in [0.25, 0.3) is 5.69 Å². The number of rotatable bonds is 5. The third-order valence-corrected chi connectivity index (χ3v) is 4.98. The maximum absolute atomic E-state index is 13.3. The molecule has 31 heavy (non-hydrogen) atoms. The van der Waals surface area contributed by atoms with Gasteiger partial charge in [-0.3, -0.25) is 4.79 Å². The van der Waals surface area contributed by atoms with Gasteiger partial charge in [0.1, 0.15) is 5.82 Å². The van der Waals surface area contributed by atoms with E-state index in [2.05, 4.69) is 10.4 Å². The zero-order valence-electron chi connectivity index (χ0n) is 16.3. The Bertz CT molecular complexity index is 1140. The molecule has 1 N–H and O–H groups in total. The first-order chi connectivity index (χ1) is 14.9. The number of amides is 1. The van der Waals surface area contributed by atoms with Crippen molar-refractivity contribution in [2.24, 2.45) is 0 Å². The number of esters is 1. The van der Waals surface area contributed by atoms with Crippen LogP contribution in [0.15, 0.2) is 42.5 Å². The molecule has 0 atom stereocenters. The molecule has 0 spiro atoms. The molecule has 0 unspecified atom stereocenters. The number of nitrogens with zero attached hydrogens (tertiary/aromatic N) is 2. The van der Waals surface area contributed by atoms with Crippen LogP contribution in [0.3, 0.4) is 0 Å². The Morgan fingerprint density at radius 1 is 1.00 bits per heavy atom. The van der Waals surface area contributed by atoms with Gasteiger partial charge < -0.3 is 10.1 Å². The Labute approximate surface area is 175 Å². The van der Waals surface area contributed by atoms with Gasteiger partial charge in [-0.25, -0.2) is 22.6 Å². The zero-order valence-corrected chi connectivity index (χ0v) is 16.3. The van der Waals surface area contributed by atoms with Crippen LogP contribution in [0.2, 0.25) is 0 Å². The molecule has 160 valence electrons. The third-order valence-electron chi connectivity index (χ3n) is 4.98. The summed E-state index contributed by atoms with van der Waals surface area (Å²) in [4.78, 5) is 24.6. The number of aromatic nitrogens is 2. The number of carbonyl (C=O) groups is 2. The molecule has 1 aromatic heterocycles. The fourth-order valence-electron chi connectivity index (χ4n) is 3.53. The first kappa shape index (κ1) is 20.6. The number of fused-ring (bicyclic) bond motifs is 1. The third kappa shape index (κ3) is 4.45. The summed E-state index contributed by atoms with van der Waals surface area (Å²) >= 11 is 0. The molecule has 0 radical (unpaired) electrons. The lowest BCUT2D eigenvalue weighted by Crippen LogP contribution is -2.22. The molecule has 3 aromatic rings. The minimum atomic E-state index is -1.10. The van der Waals surface area contributed by atoms with E-state index in [0.29, 0.717) is 18.5 Å². The van der Waals surface area contributed by atoms with Gasteiger partial charge in [-0.15, -0.1) is 0 Å². The van der Waals surface area contributed by atoms with E-state index in [-0.39, 0.29) is 17.2 Å². The monoisotopic (exact) mass is 429 g/mol. The Morgan fingerprint density at radius 2 is 1.74 bits per heavy atom. The lowest BCUT2D eigenvalue weighted by Gasteiger charge is -2.14. The summed E-state index contributed by atoms with van der Waals surface area (Å²) in [5, 5.41) is 6.70. The normalized spacial score (nSPS) is 12.9. The minimum absolute atomic E-state index is 0.0397. The highest BCUT2D eigenvalue weighted by Gasteiger charge is 2.27. The van der Waals surface area contributed by atoms with Gasteiger partial charge in [0.05, 0.1) is 5.69 Å². The molecular formula is C22H18F3N3O3. The molecule has 6 nitrogen and oxygen atoms in total. The topological polar surface area (TPSA) is 73.2 Å². The van der Waals surface area contributed by atoms with E-state index >= 15 is 0 Å². The highest BCUT2D eigenvalue weighted by atomic mass is 19.2. The van der Waals surface area contributed by atoms with Crippen molar-refractivity contribution in [3.05, 3.63) is 76.9 Å². The molecule has 1 amide bonds. The molecule has 1 aliphatic rings. The van der Waals surface area contributed by atoms with Crippen LogP contribution in [-0.4, -0.2) is 28.3 Å². The highest BCUT2D eigenvalue weighted by molar-refractivity contribution is 5.95. The molecule has 9 heteroatoms. The van der Waals surface area contributed by atoms with Crippen molar-refractivity contribution in [2.75, 3.05) is 11.9 Å². The average molecular weight is 429 g/mol. The van der Waals surface area contributed by atoms with Crippen LogP contribution in [0.5, 0.6) is 0 Å². The highest BCUT2D eigenvalue weighted by Crippen LogP contribution is 2.27. The van der Waals surface area contributed by atoms with Crippen LogP contribution in [0, 0.1) is 17.5 Å². The van der Waals surface area contributed by atoms with Gasteiger partial charge in [0.25, 0.3) is 5.91 Å². The molecule has 1 heterocycles. The summed E-state index contributed by atoms with van der Waals surface area (Å²) in [6.07, 6.45) is 3.18. The van der Waals surface area contributed by atoms with Gasteiger partial charge >= 0.3 is 5.97 Å². The molecule has 1 aliphatic carbocycles. The maximum atomic E-state index is 13.3. The fourth-order valence-corrected chi connectivity index (χ4v) is 3.53. The summed E-state index contributed by atoms with van der Waals surface area (Å²) < 4.78 is 46.2. The lowest BCUT2D eigenvalue weighted by atomic mass is 9.95. The van der Waals surface area contributed by atoms with Crippen molar-refractivity contribution >= 4 is 17.6 Å². The number of benzene rings is 2. The summed E-state index contributed by atoms with van der Waals surface area (Å²) in [7, 11) is 0. The second kappa shape index (κ2) is 8.63. The van der Waals surface area contributed by atoms with E-state index in [1.165, 1.54) is 18.2 Å². The lowest BCUT2D eigenvalue weighted by molar-refractivity contribution is -0.119. The largest absolute Gasteiger partial charge is 0.451 e. The molecule has 0 saturated carbocycles. The van der Waals surface area contributed by atoms with Crippen molar-refractivity contribution in [2.45, 2.75) is 25.7 Å². The standard InChI is InChI=1S/C22H18F3N3O3/c23-13-5-8-15(9-6-13)28-19-4-2-1-3-16(19)21(27-28)22(30)31-12-20(29)26-14-7-10-17(24)18(25)11-14/h5-11H,1-4,12H2,(H,26,29). The number of ether oxygens (including phenoxy) is 1. The molecule has 0 aliphatic heterocycles. The summed E-state index contributed by atoms with van der Waals surface area (Å²) in [5.74, 6) is -3.99. The first-order valence-corrected chi connectivity index (χ1v) is 9.71. The van der Waals surface area contributed by atoms with Crippen LogP contribution >= 0.6 is 0 Å². The molecular weight excluding hydrogens is 411 g/mol. The Balaban J connectivity index is 1.48. The van der Waals surface area contributed by atoms with Gasteiger partial charge in [0.2, 0.25) is 0 Å². The van der Waals surface area contributed by atoms with E-state index in [1.54, 1.807) is 16.8 Å². The maximum Gasteiger partial charge on any atom is 0.359 e. The van der Waals surface area contributed by atoms with E-state index in [4.69, 9.17) is 4.74 Å². The number of hydrogen-bond acceptors (Lipinski definition) is 4. The first-order valence-electron chi connectivity index (χ1n) is 9.71. The smallest absolute Gasteiger partial charge is 0.359 e. The summed E-state index contributed by atoms with van der Waals surface area (Å²) in [5.41, 5.74) is 2.38. The number of halogens is 3. The summed E-state index contributed by atoms with van der Waals surface area (Å²) in [6, 6.07) is 8.67. The number of carbonyl (C=O) groups excluding carboxylic acids is 2. The van der Waals surface area contributed by atoms with E-state index in [9.17, 15) is 22.8 Å². The quantitative estimate of drug-likeness (QED) is 0.623. The van der Waals surface area contributed by atoms with Crippen molar-refractivity contribution in [3.8, 4) is 5.69 Å². The second-order valence-corrected chi connectivity index (χ2v) is 7.12. The van der Waals surface area contributed by atoms with E-state index in [0.717, 1.165) is 36.2 Å². The van der Waals surface area contributed by atoms with Crippen molar-refractivity contribution in [1.29, 1.82) is 0 Å². The van der Waals surface area contributed by atoms with Crippen molar-refractivity contribution < 1.29 is 27.5 Å². The Hall–Kier alpha value is -3.62. The van der Waals surface area contributed by atoms with E-state index in [1.807, 2.05) is 0 Å². The van der Waals surface area contributed by atoms with Gasteiger partial charge in [0.15, 0.2) is 23.9 Å². The Morgan fingerprint density at radius 3 is 2.48 bits per heavy atom. The molecule has 0 saturated heterocycles. The minimum Gasteiger partial charge on any atom is -0.451 e. The SMILES string of the molecule is O=C(COC(=O)c1nn(-c2ccc(F)cc2)c2c1CCCC2)Nc1ccc(F)c(F)c1. The number of anilines is 1. The zero-order chi connectivity index (χ0) is 22.0. The number of hydrogen-bond donors (Lipinski definition) is 1. The van der Waals surface area contributed by atoms with Crippen LogP contribution in [-0.2, 0) is 22.4 Å². The summed E-state index contributed by atoms with van der Waals surface area (Å²) in [6.45, 7) is -0.615. The number of nitrogens with one attached hydrogen (secondary N) is 1. The molecule has 4 rings (SSSR count). The average Bonchev–Trinajstić information content (AvgIpc) is 3.15.